The molecule has 0 aliphatic carbocycles. The molecule has 7 heteroatoms. The van der Waals surface area contributed by atoms with Gasteiger partial charge in [0.2, 0.25) is 5.95 Å². The highest BCUT2D eigenvalue weighted by Gasteiger charge is 2.35. The molecule has 6 nitrogen and oxygen atoms in total. The largest absolute Gasteiger partial charge is 0.380 e. The molecule has 0 saturated carbocycles. The first kappa shape index (κ1) is 26.0. The monoisotopic (exact) mass is 497 g/mol. The second kappa shape index (κ2) is 12.2. The van der Waals surface area contributed by atoms with E-state index in [9.17, 15) is 0 Å². The minimum atomic E-state index is 0. The van der Waals surface area contributed by atoms with E-state index in [0.29, 0.717) is 0 Å². The summed E-state index contributed by atoms with van der Waals surface area (Å²) in [5.74, 6) is 1.10. The number of nitrogens with one attached hydrogen (secondary N) is 1. The van der Waals surface area contributed by atoms with Crippen LogP contribution in [0.2, 0.25) is 0 Å². The van der Waals surface area contributed by atoms with Crippen molar-refractivity contribution in [3.63, 3.8) is 0 Å². The minimum Gasteiger partial charge on any atom is -0.380 e. The lowest BCUT2D eigenvalue weighted by Gasteiger charge is -2.32. The van der Waals surface area contributed by atoms with Crippen molar-refractivity contribution in [2.75, 3.05) is 63.9 Å². The van der Waals surface area contributed by atoms with Crippen molar-refractivity contribution in [1.82, 2.24) is 19.8 Å². The van der Waals surface area contributed by atoms with Crippen LogP contribution in [0.4, 0.5) is 5.95 Å². The van der Waals surface area contributed by atoms with Gasteiger partial charge >= 0.3 is 0 Å². The summed E-state index contributed by atoms with van der Waals surface area (Å²) in [4.78, 5) is 10.2. The summed E-state index contributed by atoms with van der Waals surface area (Å²) in [5.41, 5.74) is 4.06. The molecule has 1 atom stereocenters. The summed E-state index contributed by atoms with van der Waals surface area (Å²) in [6, 6.07) is 19.7. The summed E-state index contributed by atoms with van der Waals surface area (Å²) >= 11 is 0. The molecule has 3 aromatic rings. The Bertz CT molecular complexity index is 1050. The number of rotatable bonds is 9. The van der Waals surface area contributed by atoms with Crippen molar-refractivity contribution >= 4 is 29.4 Å². The summed E-state index contributed by atoms with van der Waals surface area (Å²) in [6.45, 7) is 12.1. The second-order valence-electron chi connectivity index (χ2n) is 9.75. The highest BCUT2D eigenvalue weighted by atomic mass is 35.5. The summed E-state index contributed by atoms with van der Waals surface area (Å²) in [7, 11) is 0. The standard InChI is InChI=1S/C28H39N5O.ClH/c1-2-34-22-21-33-26-12-7-6-11-25(26)30-27(33)32-17-8-16-31(19-20-32)18-14-28(13-15-29-23-28)24-9-4-3-5-10-24;/h3-7,9-12,29H,2,8,13-23H2,1H3;1H. The Hall–Kier alpha value is -2.12. The van der Waals surface area contributed by atoms with Crippen molar-refractivity contribution in [3.05, 3.63) is 60.2 Å². The zero-order valence-corrected chi connectivity index (χ0v) is 21.8. The minimum absolute atomic E-state index is 0. The molecule has 0 radical (unpaired) electrons. The van der Waals surface area contributed by atoms with Gasteiger partial charge in [-0.25, -0.2) is 4.98 Å². The van der Waals surface area contributed by atoms with Crippen molar-refractivity contribution in [3.8, 4) is 0 Å². The molecule has 2 aliphatic heterocycles. The number of imidazole rings is 1. The molecule has 190 valence electrons. The predicted octanol–water partition coefficient (Wildman–Crippen LogP) is 4.33. The van der Waals surface area contributed by atoms with Crippen LogP contribution >= 0.6 is 12.4 Å². The zero-order chi connectivity index (χ0) is 23.2. The first-order valence-electron chi connectivity index (χ1n) is 13.1. The van der Waals surface area contributed by atoms with E-state index in [1.807, 2.05) is 0 Å². The van der Waals surface area contributed by atoms with E-state index < -0.39 is 0 Å². The van der Waals surface area contributed by atoms with Gasteiger partial charge in [0.15, 0.2) is 0 Å². The Morgan fingerprint density at radius 3 is 2.60 bits per heavy atom. The van der Waals surface area contributed by atoms with Crippen LogP contribution in [0, 0.1) is 0 Å². The van der Waals surface area contributed by atoms with Gasteiger partial charge in [0.25, 0.3) is 0 Å². The van der Waals surface area contributed by atoms with E-state index in [1.165, 1.54) is 30.3 Å². The highest BCUT2D eigenvalue weighted by molar-refractivity contribution is 5.85. The van der Waals surface area contributed by atoms with Gasteiger partial charge in [-0.1, -0.05) is 42.5 Å². The third-order valence-corrected chi connectivity index (χ3v) is 7.71. The molecule has 1 unspecified atom stereocenters. The molecule has 1 N–H and O–H groups in total. The van der Waals surface area contributed by atoms with Crippen LogP contribution < -0.4 is 10.2 Å². The van der Waals surface area contributed by atoms with Crippen LogP contribution in [0.3, 0.4) is 0 Å². The number of aromatic nitrogens is 2. The number of anilines is 1. The van der Waals surface area contributed by atoms with E-state index in [2.05, 4.69) is 81.2 Å². The Morgan fingerprint density at radius 2 is 1.80 bits per heavy atom. The smallest absolute Gasteiger partial charge is 0.206 e. The molecule has 2 aromatic carbocycles. The third kappa shape index (κ3) is 5.83. The number of fused-ring (bicyclic) bond motifs is 1. The lowest BCUT2D eigenvalue weighted by atomic mass is 9.77. The van der Waals surface area contributed by atoms with Crippen molar-refractivity contribution in [1.29, 1.82) is 0 Å². The lowest BCUT2D eigenvalue weighted by molar-refractivity contribution is 0.140. The van der Waals surface area contributed by atoms with Gasteiger partial charge in [-0.3, -0.25) is 0 Å². The fourth-order valence-electron chi connectivity index (χ4n) is 5.73. The van der Waals surface area contributed by atoms with Crippen molar-refractivity contribution < 1.29 is 4.74 Å². The normalized spacial score (nSPS) is 21.2. The fourth-order valence-corrected chi connectivity index (χ4v) is 5.73. The molecular weight excluding hydrogens is 458 g/mol. The van der Waals surface area contributed by atoms with Crippen LogP contribution in [-0.2, 0) is 16.7 Å². The van der Waals surface area contributed by atoms with Crippen LogP contribution in [-0.4, -0.2) is 73.5 Å². The average molecular weight is 498 g/mol. The molecule has 3 heterocycles. The van der Waals surface area contributed by atoms with Gasteiger partial charge in [-0.05, 0) is 63.5 Å². The highest BCUT2D eigenvalue weighted by Crippen LogP contribution is 2.34. The second-order valence-corrected chi connectivity index (χ2v) is 9.75. The number of ether oxygens (including phenoxy) is 1. The molecule has 2 aliphatic rings. The summed E-state index contributed by atoms with van der Waals surface area (Å²) in [5, 5.41) is 3.63. The van der Waals surface area contributed by atoms with E-state index >= 15 is 0 Å². The fraction of sp³-hybridized carbons (Fsp3) is 0.536. The Morgan fingerprint density at radius 1 is 0.971 bits per heavy atom. The number of benzene rings is 2. The first-order valence-corrected chi connectivity index (χ1v) is 13.1. The van der Waals surface area contributed by atoms with Crippen molar-refractivity contribution in [2.24, 2.45) is 0 Å². The number of hydrogen-bond donors (Lipinski definition) is 1. The predicted molar refractivity (Wildman–Crippen MR) is 147 cm³/mol. The van der Waals surface area contributed by atoms with Gasteiger partial charge in [0.05, 0.1) is 17.6 Å². The number of nitrogens with zero attached hydrogens (tertiary/aromatic N) is 4. The molecule has 2 saturated heterocycles. The molecule has 35 heavy (non-hydrogen) atoms. The molecule has 2 fully saturated rings. The van der Waals surface area contributed by atoms with Gasteiger partial charge in [-0.15, -0.1) is 12.4 Å². The van der Waals surface area contributed by atoms with E-state index in [0.717, 1.165) is 77.0 Å². The van der Waals surface area contributed by atoms with Gasteiger partial charge < -0.3 is 24.4 Å². The molecule has 5 rings (SSSR count). The maximum atomic E-state index is 5.69. The van der Waals surface area contributed by atoms with Crippen LogP contribution in [0.15, 0.2) is 54.6 Å². The number of para-hydroxylation sites is 2. The number of halogens is 1. The first-order chi connectivity index (χ1) is 16.8. The third-order valence-electron chi connectivity index (χ3n) is 7.71. The molecule has 0 spiro atoms. The van der Waals surface area contributed by atoms with Crippen molar-refractivity contribution in [2.45, 2.75) is 38.1 Å². The van der Waals surface area contributed by atoms with Crippen LogP contribution in [0.25, 0.3) is 11.0 Å². The Kier molecular flexibility index (Phi) is 9.06. The van der Waals surface area contributed by atoms with Gasteiger partial charge in [0, 0.05) is 44.7 Å². The molecule has 0 amide bonds. The lowest BCUT2D eigenvalue weighted by Crippen LogP contribution is -2.37. The molecular formula is C28H40ClN5O. The summed E-state index contributed by atoms with van der Waals surface area (Å²) in [6.07, 6.45) is 3.63. The van der Waals surface area contributed by atoms with Gasteiger partial charge in [0.1, 0.15) is 0 Å². The summed E-state index contributed by atoms with van der Waals surface area (Å²) < 4.78 is 8.04. The average Bonchev–Trinajstić information content (AvgIpc) is 3.43. The maximum absolute atomic E-state index is 5.69. The van der Waals surface area contributed by atoms with Crippen LogP contribution in [0.5, 0.6) is 0 Å². The molecule has 0 bridgehead atoms. The van der Waals surface area contributed by atoms with Gasteiger partial charge in [-0.2, -0.15) is 0 Å². The quantitative estimate of drug-likeness (QED) is 0.446. The molecule has 1 aromatic heterocycles. The Balaban J connectivity index is 0.00000289. The Labute approximate surface area is 216 Å². The van der Waals surface area contributed by atoms with E-state index in [4.69, 9.17) is 9.72 Å². The van der Waals surface area contributed by atoms with E-state index in [-0.39, 0.29) is 17.8 Å². The maximum Gasteiger partial charge on any atom is 0.206 e. The topological polar surface area (TPSA) is 45.6 Å². The zero-order valence-electron chi connectivity index (χ0n) is 21.0. The van der Waals surface area contributed by atoms with Crippen LogP contribution in [0.1, 0.15) is 31.7 Å². The number of hydrogen-bond acceptors (Lipinski definition) is 5. The SMILES string of the molecule is CCOCCn1c(N2CCCN(CCC3(c4ccccc4)CCNC3)CC2)nc2ccccc21.Cl. The van der Waals surface area contributed by atoms with E-state index in [1.54, 1.807) is 0 Å².